The molecule has 1 aromatic heterocycles. The summed E-state index contributed by atoms with van der Waals surface area (Å²) in [5.74, 6) is 0. The van der Waals surface area contributed by atoms with Gasteiger partial charge < -0.3 is 4.90 Å². The minimum absolute atomic E-state index is 1.12. The molecule has 0 N–H and O–H groups in total. The maximum Gasteiger partial charge on any atom is 0.0554 e. The normalized spacial score (nSPS) is 11.6. The van der Waals surface area contributed by atoms with Crippen LogP contribution in [0.25, 0.3) is 74.7 Å². The monoisotopic (exact) mass is 653 g/mol. The van der Waals surface area contributed by atoms with E-state index in [0.29, 0.717) is 0 Å². The molecule has 0 bridgehead atoms. The van der Waals surface area contributed by atoms with E-state index in [9.17, 15) is 0 Å². The van der Waals surface area contributed by atoms with E-state index in [2.05, 4.69) is 193 Å². The summed E-state index contributed by atoms with van der Waals surface area (Å²) in [5.41, 5.74) is 8.28. The van der Waals surface area contributed by atoms with Crippen molar-refractivity contribution in [3.63, 3.8) is 0 Å². The van der Waals surface area contributed by atoms with Crippen molar-refractivity contribution in [3.8, 4) is 22.3 Å². The summed E-state index contributed by atoms with van der Waals surface area (Å²) >= 11 is 1.89. The standard InChI is InChI=1S/C48H31NS/c1-2-13-32(14-3-1)38-18-8-10-22-44(38)49(45-23-12-16-34-27-30-42-41-21-9-11-24-46(41)50-48(42)47(34)45)36-28-25-33(26-29-36)43-31-35-15-4-5-17-37(35)39-19-6-7-20-40(39)43/h1-31H. The maximum atomic E-state index is 2.47. The number of nitrogens with zero attached hydrogens (tertiary/aromatic N) is 1. The minimum atomic E-state index is 1.12. The third-order valence-electron chi connectivity index (χ3n) is 10.0. The highest BCUT2D eigenvalue weighted by Crippen LogP contribution is 2.48. The first-order valence-electron chi connectivity index (χ1n) is 17.1. The van der Waals surface area contributed by atoms with E-state index in [0.717, 1.165) is 11.4 Å². The summed E-state index contributed by atoms with van der Waals surface area (Å²) in [4.78, 5) is 2.47. The van der Waals surface area contributed by atoms with E-state index in [1.807, 2.05) is 11.3 Å². The van der Waals surface area contributed by atoms with E-state index in [4.69, 9.17) is 0 Å². The first kappa shape index (κ1) is 28.8. The fraction of sp³-hybridized carbons (Fsp3) is 0. The van der Waals surface area contributed by atoms with E-state index >= 15 is 0 Å². The van der Waals surface area contributed by atoms with Crippen LogP contribution in [0.4, 0.5) is 17.1 Å². The number of thiophene rings is 1. The molecule has 1 heterocycles. The van der Waals surface area contributed by atoms with Gasteiger partial charge in [0, 0.05) is 36.8 Å². The van der Waals surface area contributed by atoms with Gasteiger partial charge >= 0.3 is 0 Å². The zero-order valence-corrected chi connectivity index (χ0v) is 28.1. The predicted octanol–water partition coefficient (Wildman–Crippen LogP) is 14.3. The highest BCUT2D eigenvalue weighted by atomic mass is 32.1. The van der Waals surface area contributed by atoms with Gasteiger partial charge in [-0.2, -0.15) is 0 Å². The summed E-state index contributed by atoms with van der Waals surface area (Å²) in [6.45, 7) is 0. The zero-order valence-electron chi connectivity index (χ0n) is 27.3. The van der Waals surface area contributed by atoms with Crippen LogP contribution in [0.3, 0.4) is 0 Å². The van der Waals surface area contributed by atoms with Gasteiger partial charge in [-0.15, -0.1) is 11.3 Å². The van der Waals surface area contributed by atoms with Gasteiger partial charge in [0.2, 0.25) is 0 Å². The molecule has 0 spiro atoms. The Morgan fingerprint density at radius 1 is 0.360 bits per heavy atom. The molecule has 10 aromatic rings. The van der Waals surface area contributed by atoms with Gasteiger partial charge in [0.1, 0.15) is 0 Å². The summed E-state index contributed by atoms with van der Waals surface area (Å²) in [7, 11) is 0. The third-order valence-corrected chi connectivity index (χ3v) is 11.2. The fourth-order valence-corrected chi connectivity index (χ4v) is 9.01. The molecule has 0 radical (unpaired) electrons. The lowest BCUT2D eigenvalue weighted by Crippen LogP contribution is -2.11. The molecule has 0 aliphatic carbocycles. The average Bonchev–Trinajstić information content (AvgIpc) is 3.58. The summed E-state index contributed by atoms with van der Waals surface area (Å²) < 4.78 is 2.63. The SMILES string of the molecule is c1ccc(-c2ccccc2N(c2ccc(-c3cc4ccccc4c4ccccc34)cc2)c2cccc3ccc4c5ccccc5sc4c23)cc1. The summed E-state index contributed by atoms with van der Waals surface area (Å²) in [5, 5.41) is 10.2. The molecule has 0 aliphatic rings. The Hall–Kier alpha value is -6.22. The first-order chi connectivity index (χ1) is 24.8. The van der Waals surface area contributed by atoms with Crippen LogP contribution in [0.2, 0.25) is 0 Å². The number of hydrogen-bond acceptors (Lipinski definition) is 2. The Morgan fingerprint density at radius 3 is 1.86 bits per heavy atom. The minimum Gasteiger partial charge on any atom is -0.309 e. The smallest absolute Gasteiger partial charge is 0.0554 e. The Balaban J connectivity index is 1.22. The molecule has 1 nitrogen and oxygen atoms in total. The van der Waals surface area contributed by atoms with Crippen molar-refractivity contribution in [2.24, 2.45) is 0 Å². The molecule has 9 aromatic carbocycles. The molecule has 0 aliphatic heterocycles. The van der Waals surface area contributed by atoms with Crippen LogP contribution in [-0.2, 0) is 0 Å². The lowest BCUT2D eigenvalue weighted by Gasteiger charge is -2.29. The molecular weight excluding hydrogens is 623 g/mol. The van der Waals surface area contributed by atoms with Gasteiger partial charge in [-0.1, -0.05) is 152 Å². The second-order valence-corrected chi connectivity index (χ2v) is 13.9. The Bertz CT molecular complexity index is 2870. The molecule has 0 fully saturated rings. The number of anilines is 3. The van der Waals surface area contributed by atoms with Crippen LogP contribution < -0.4 is 4.90 Å². The molecule has 234 valence electrons. The Kier molecular flexibility index (Phi) is 6.75. The molecule has 10 rings (SSSR count). The number of hydrogen-bond donors (Lipinski definition) is 0. The van der Waals surface area contributed by atoms with Crippen molar-refractivity contribution in [1.29, 1.82) is 0 Å². The van der Waals surface area contributed by atoms with E-state index in [-0.39, 0.29) is 0 Å². The van der Waals surface area contributed by atoms with Crippen molar-refractivity contribution in [2.75, 3.05) is 4.90 Å². The average molecular weight is 654 g/mol. The van der Waals surface area contributed by atoms with E-state index in [1.165, 1.54) is 80.4 Å². The molecule has 0 unspecified atom stereocenters. The van der Waals surface area contributed by atoms with Crippen LogP contribution >= 0.6 is 11.3 Å². The van der Waals surface area contributed by atoms with Crippen molar-refractivity contribution in [3.05, 3.63) is 188 Å². The van der Waals surface area contributed by atoms with Crippen molar-refractivity contribution in [2.45, 2.75) is 0 Å². The molecule has 50 heavy (non-hydrogen) atoms. The van der Waals surface area contributed by atoms with Crippen molar-refractivity contribution >= 4 is 80.9 Å². The second-order valence-electron chi connectivity index (χ2n) is 12.9. The van der Waals surface area contributed by atoms with Gasteiger partial charge in [0.15, 0.2) is 0 Å². The Morgan fingerprint density at radius 2 is 1.00 bits per heavy atom. The third kappa shape index (κ3) is 4.61. The fourth-order valence-electron chi connectivity index (χ4n) is 7.74. The summed E-state index contributed by atoms with van der Waals surface area (Å²) in [6, 6.07) is 68.7. The van der Waals surface area contributed by atoms with Crippen molar-refractivity contribution in [1.82, 2.24) is 0 Å². The quantitative estimate of drug-likeness (QED) is 0.167. The highest BCUT2D eigenvalue weighted by molar-refractivity contribution is 7.26. The first-order valence-corrected chi connectivity index (χ1v) is 17.9. The molecule has 0 saturated carbocycles. The second kappa shape index (κ2) is 11.7. The Labute approximate surface area is 294 Å². The van der Waals surface area contributed by atoms with Gasteiger partial charge in [-0.25, -0.2) is 0 Å². The van der Waals surface area contributed by atoms with E-state index < -0.39 is 0 Å². The van der Waals surface area contributed by atoms with Crippen LogP contribution in [0, 0.1) is 0 Å². The topological polar surface area (TPSA) is 3.24 Å². The number of fused-ring (bicyclic) bond motifs is 8. The van der Waals surface area contributed by atoms with Gasteiger partial charge in [-0.3, -0.25) is 0 Å². The molecule has 0 saturated heterocycles. The number of benzene rings is 9. The van der Waals surface area contributed by atoms with Crippen LogP contribution in [-0.4, -0.2) is 0 Å². The zero-order chi connectivity index (χ0) is 33.0. The number of para-hydroxylation sites is 1. The number of rotatable bonds is 5. The van der Waals surface area contributed by atoms with Gasteiger partial charge in [-0.05, 0) is 80.0 Å². The van der Waals surface area contributed by atoms with Crippen LogP contribution in [0.5, 0.6) is 0 Å². The van der Waals surface area contributed by atoms with Gasteiger partial charge in [0.25, 0.3) is 0 Å². The lowest BCUT2D eigenvalue weighted by molar-refractivity contribution is 1.30. The molecule has 0 amide bonds. The van der Waals surface area contributed by atoms with Gasteiger partial charge in [0.05, 0.1) is 11.4 Å². The molecular formula is C48H31NS. The molecule has 0 atom stereocenters. The van der Waals surface area contributed by atoms with Crippen LogP contribution in [0.15, 0.2) is 188 Å². The summed E-state index contributed by atoms with van der Waals surface area (Å²) in [6.07, 6.45) is 0. The lowest BCUT2D eigenvalue weighted by atomic mass is 9.93. The largest absolute Gasteiger partial charge is 0.309 e. The van der Waals surface area contributed by atoms with Crippen molar-refractivity contribution < 1.29 is 0 Å². The molecule has 2 heteroatoms. The van der Waals surface area contributed by atoms with E-state index in [1.54, 1.807) is 0 Å². The maximum absolute atomic E-state index is 2.47. The van der Waals surface area contributed by atoms with Crippen LogP contribution in [0.1, 0.15) is 0 Å². The highest BCUT2D eigenvalue weighted by Gasteiger charge is 2.21. The predicted molar refractivity (Wildman–Crippen MR) is 217 cm³/mol.